The number of rotatable bonds is 3. The SMILES string of the molecule is Cc1ccc(/C=N/c2nnc(-c3ccc(N)cc3)s2)cc1. The van der Waals surface area contributed by atoms with Gasteiger partial charge in [0.25, 0.3) is 0 Å². The third-order valence-corrected chi connectivity index (χ3v) is 3.85. The molecule has 0 atom stereocenters. The van der Waals surface area contributed by atoms with E-state index in [0.717, 1.165) is 21.8 Å². The molecule has 21 heavy (non-hydrogen) atoms. The maximum absolute atomic E-state index is 5.68. The van der Waals surface area contributed by atoms with Gasteiger partial charge < -0.3 is 5.73 Å². The Morgan fingerprint density at radius 1 is 1.00 bits per heavy atom. The Hall–Kier alpha value is -2.53. The van der Waals surface area contributed by atoms with Gasteiger partial charge in [0.1, 0.15) is 5.01 Å². The van der Waals surface area contributed by atoms with Crippen molar-refractivity contribution in [1.82, 2.24) is 10.2 Å². The molecule has 0 aliphatic rings. The normalized spacial score (nSPS) is 11.1. The number of aromatic nitrogens is 2. The smallest absolute Gasteiger partial charge is 0.231 e. The van der Waals surface area contributed by atoms with Crippen LogP contribution in [-0.4, -0.2) is 16.4 Å². The molecule has 0 amide bonds. The second-order valence-electron chi connectivity index (χ2n) is 4.68. The van der Waals surface area contributed by atoms with Crippen molar-refractivity contribution in [3.63, 3.8) is 0 Å². The topological polar surface area (TPSA) is 64.2 Å². The van der Waals surface area contributed by atoms with E-state index < -0.39 is 0 Å². The van der Waals surface area contributed by atoms with Crippen LogP contribution >= 0.6 is 11.3 Å². The summed E-state index contributed by atoms with van der Waals surface area (Å²) < 4.78 is 0. The van der Waals surface area contributed by atoms with E-state index in [1.807, 2.05) is 36.4 Å². The van der Waals surface area contributed by atoms with E-state index in [0.29, 0.717) is 5.13 Å². The number of aliphatic imine (C=N–C) groups is 1. The number of nitrogen functional groups attached to an aromatic ring is 1. The Balaban J connectivity index is 1.78. The van der Waals surface area contributed by atoms with Gasteiger partial charge in [-0.2, -0.15) is 0 Å². The van der Waals surface area contributed by atoms with Gasteiger partial charge in [0.2, 0.25) is 5.13 Å². The van der Waals surface area contributed by atoms with Gasteiger partial charge in [-0.1, -0.05) is 41.2 Å². The van der Waals surface area contributed by atoms with Crippen molar-refractivity contribution in [1.29, 1.82) is 0 Å². The van der Waals surface area contributed by atoms with Gasteiger partial charge in [0.05, 0.1) is 0 Å². The molecule has 0 bridgehead atoms. The quantitative estimate of drug-likeness (QED) is 0.589. The monoisotopic (exact) mass is 294 g/mol. The van der Waals surface area contributed by atoms with Gasteiger partial charge in [0.15, 0.2) is 0 Å². The largest absolute Gasteiger partial charge is 0.399 e. The fraction of sp³-hybridized carbons (Fsp3) is 0.0625. The van der Waals surface area contributed by atoms with Gasteiger partial charge in [-0.15, -0.1) is 10.2 Å². The highest BCUT2D eigenvalue weighted by Gasteiger charge is 2.05. The molecule has 0 fully saturated rings. The van der Waals surface area contributed by atoms with E-state index in [1.54, 1.807) is 6.21 Å². The number of nitrogens with two attached hydrogens (primary N) is 1. The number of hydrogen-bond acceptors (Lipinski definition) is 5. The summed E-state index contributed by atoms with van der Waals surface area (Å²) >= 11 is 1.45. The number of hydrogen-bond donors (Lipinski definition) is 1. The molecule has 1 heterocycles. The lowest BCUT2D eigenvalue weighted by molar-refractivity contribution is 1.09. The van der Waals surface area contributed by atoms with Crippen LogP contribution in [0.2, 0.25) is 0 Å². The molecule has 0 spiro atoms. The standard InChI is InChI=1S/C16H14N4S/c1-11-2-4-12(5-3-11)10-18-16-20-19-15(21-16)13-6-8-14(17)9-7-13/h2-10H,17H2,1H3/b18-10+. The highest BCUT2D eigenvalue weighted by Crippen LogP contribution is 2.28. The molecule has 3 aromatic rings. The summed E-state index contributed by atoms with van der Waals surface area (Å²) in [6, 6.07) is 15.7. The summed E-state index contributed by atoms with van der Waals surface area (Å²) in [7, 11) is 0. The third-order valence-electron chi connectivity index (χ3n) is 2.97. The van der Waals surface area contributed by atoms with Crippen molar-refractivity contribution in [3.8, 4) is 10.6 Å². The summed E-state index contributed by atoms with van der Waals surface area (Å²) in [4.78, 5) is 4.37. The van der Waals surface area contributed by atoms with Crippen LogP contribution in [-0.2, 0) is 0 Å². The van der Waals surface area contributed by atoms with Crippen molar-refractivity contribution in [2.75, 3.05) is 5.73 Å². The lowest BCUT2D eigenvalue weighted by Crippen LogP contribution is -1.83. The first-order valence-corrected chi connectivity index (χ1v) is 7.32. The summed E-state index contributed by atoms with van der Waals surface area (Å²) in [5, 5.41) is 9.72. The lowest BCUT2D eigenvalue weighted by atomic mass is 10.2. The Labute approximate surface area is 127 Å². The number of aryl methyl sites for hydroxylation is 1. The third kappa shape index (κ3) is 3.32. The second-order valence-corrected chi connectivity index (χ2v) is 5.64. The Morgan fingerprint density at radius 2 is 1.71 bits per heavy atom. The van der Waals surface area contributed by atoms with Crippen LogP contribution in [0.15, 0.2) is 53.5 Å². The van der Waals surface area contributed by atoms with Gasteiger partial charge in [0, 0.05) is 17.5 Å². The van der Waals surface area contributed by atoms with E-state index in [1.165, 1.54) is 16.9 Å². The molecule has 104 valence electrons. The van der Waals surface area contributed by atoms with Crippen LogP contribution in [0.5, 0.6) is 0 Å². The van der Waals surface area contributed by atoms with Crippen molar-refractivity contribution in [2.24, 2.45) is 4.99 Å². The highest BCUT2D eigenvalue weighted by molar-refractivity contribution is 7.18. The summed E-state index contributed by atoms with van der Waals surface area (Å²) in [5.41, 5.74) is 9.69. The van der Waals surface area contributed by atoms with Crippen LogP contribution < -0.4 is 5.73 Å². The van der Waals surface area contributed by atoms with Gasteiger partial charge in [-0.3, -0.25) is 0 Å². The van der Waals surface area contributed by atoms with E-state index >= 15 is 0 Å². The molecule has 0 unspecified atom stereocenters. The summed E-state index contributed by atoms with van der Waals surface area (Å²) in [6.45, 7) is 2.06. The molecule has 0 aliphatic carbocycles. The predicted octanol–water partition coefficient (Wildman–Crippen LogP) is 3.85. The fourth-order valence-electron chi connectivity index (χ4n) is 1.79. The average molecular weight is 294 g/mol. The van der Waals surface area contributed by atoms with Crippen molar-refractivity contribution >= 4 is 28.4 Å². The van der Waals surface area contributed by atoms with Gasteiger partial charge >= 0.3 is 0 Å². The van der Waals surface area contributed by atoms with Crippen molar-refractivity contribution < 1.29 is 0 Å². The molecule has 0 aliphatic heterocycles. The van der Waals surface area contributed by atoms with Crippen LogP contribution in [0.4, 0.5) is 10.8 Å². The number of anilines is 1. The Morgan fingerprint density at radius 3 is 2.43 bits per heavy atom. The molecule has 2 N–H and O–H groups in total. The summed E-state index contributed by atoms with van der Waals surface area (Å²) in [6.07, 6.45) is 1.80. The van der Waals surface area contributed by atoms with E-state index in [9.17, 15) is 0 Å². The Kier molecular flexibility index (Phi) is 3.75. The number of benzene rings is 2. The molecule has 1 aromatic heterocycles. The van der Waals surface area contributed by atoms with Crippen LogP contribution in [0.3, 0.4) is 0 Å². The first-order chi connectivity index (χ1) is 10.2. The van der Waals surface area contributed by atoms with Crippen LogP contribution in [0.1, 0.15) is 11.1 Å². The molecule has 4 nitrogen and oxygen atoms in total. The maximum atomic E-state index is 5.68. The van der Waals surface area contributed by atoms with Crippen LogP contribution in [0, 0.1) is 6.92 Å². The van der Waals surface area contributed by atoms with E-state index in [4.69, 9.17) is 5.73 Å². The second kappa shape index (κ2) is 5.85. The molecule has 0 saturated carbocycles. The molecule has 0 radical (unpaired) electrons. The average Bonchev–Trinajstić information content (AvgIpc) is 2.96. The minimum Gasteiger partial charge on any atom is -0.399 e. The van der Waals surface area contributed by atoms with E-state index in [-0.39, 0.29) is 0 Å². The zero-order valence-corrected chi connectivity index (χ0v) is 12.3. The first kappa shape index (κ1) is 13.5. The van der Waals surface area contributed by atoms with Gasteiger partial charge in [-0.05, 0) is 36.8 Å². The van der Waals surface area contributed by atoms with Gasteiger partial charge in [-0.25, -0.2) is 4.99 Å². The minimum absolute atomic E-state index is 0.641. The highest BCUT2D eigenvalue weighted by atomic mass is 32.1. The molecular formula is C16H14N4S. The maximum Gasteiger partial charge on any atom is 0.231 e. The molecule has 0 saturated heterocycles. The molecule has 5 heteroatoms. The zero-order chi connectivity index (χ0) is 14.7. The van der Waals surface area contributed by atoms with Crippen molar-refractivity contribution in [2.45, 2.75) is 6.92 Å². The van der Waals surface area contributed by atoms with Crippen molar-refractivity contribution in [3.05, 3.63) is 59.7 Å². The minimum atomic E-state index is 0.641. The molecular weight excluding hydrogens is 280 g/mol. The zero-order valence-electron chi connectivity index (χ0n) is 11.5. The number of nitrogens with zero attached hydrogens (tertiary/aromatic N) is 3. The lowest BCUT2D eigenvalue weighted by Gasteiger charge is -1.95. The molecule has 2 aromatic carbocycles. The first-order valence-electron chi connectivity index (χ1n) is 6.51. The predicted molar refractivity (Wildman–Crippen MR) is 88.2 cm³/mol. The molecule has 3 rings (SSSR count). The fourth-order valence-corrected chi connectivity index (χ4v) is 2.49. The Bertz CT molecular complexity index is 758. The van der Waals surface area contributed by atoms with E-state index in [2.05, 4.69) is 34.2 Å². The summed E-state index contributed by atoms with van der Waals surface area (Å²) in [5.74, 6) is 0. The van der Waals surface area contributed by atoms with Crippen LogP contribution in [0.25, 0.3) is 10.6 Å².